The SMILES string of the molecule is O=C(CN(c1ccc(F)cc1)S(=O)(=O)c1ccccc1)NCc1ccc(OCc2ccc(F)cc2)cc1. The molecule has 0 atom stereocenters. The number of amides is 1. The van der Waals surface area contributed by atoms with E-state index < -0.39 is 28.3 Å². The molecule has 37 heavy (non-hydrogen) atoms. The van der Waals surface area contributed by atoms with Crippen LogP contribution in [0.25, 0.3) is 0 Å². The fraction of sp³-hybridized carbons (Fsp3) is 0.107. The second-order valence-electron chi connectivity index (χ2n) is 8.14. The molecule has 0 saturated heterocycles. The molecule has 0 heterocycles. The molecule has 1 N–H and O–H groups in total. The van der Waals surface area contributed by atoms with E-state index >= 15 is 0 Å². The van der Waals surface area contributed by atoms with Crippen LogP contribution < -0.4 is 14.4 Å². The van der Waals surface area contributed by atoms with Gasteiger partial charge in [0.05, 0.1) is 10.6 Å². The molecule has 0 aromatic heterocycles. The number of rotatable bonds is 10. The van der Waals surface area contributed by atoms with E-state index in [0.29, 0.717) is 5.75 Å². The van der Waals surface area contributed by atoms with E-state index in [1.54, 1.807) is 54.6 Å². The Bertz CT molecular complexity index is 1430. The van der Waals surface area contributed by atoms with Crippen molar-refractivity contribution in [1.82, 2.24) is 5.32 Å². The average Bonchev–Trinajstić information content (AvgIpc) is 2.92. The Kier molecular flexibility index (Phi) is 8.15. The van der Waals surface area contributed by atoms with Crippen molar-refractivity contribution in [3.05, 3.63) is 126 Å². The lowest BCUT2D eigenvalue weighted by molar-refractivity contribution is -0.119. The highest BCUT2D eigenvalue weighted by Crippen LogP contribution is 2.24. The topological polar surface area (TPSA) is 75.7 Å². The largest absolute Gasteiger partial charge is 0.489 e. The number of carbonyl (C=O) groups excluding carboxylic acids is 1. The lowest BCUT2D eigenvalue weighted by Gasteiger charge is -2.24. The number of hydrogen-bond acceptors (Lipinski definition) is 4. The van der Waals surface area contributed by atoms with Gasteiger partial charge in [0.25, 0.3) is 10.0 Å². The number of halogens is 2. The molecule has 190 valence electrons. The first-order chi connectivity index (χ1) is 17.8. The van der Waals surface area contributed by atoms with Crippen molar-refractivity contribution in [1.29, 1.82) is 0 Å². The predicted octanol–water partition coefficient (Wildman–Crippen LogP) is 5.06. The van der Waals surface area contributed by atoms with Crippen molar-refractivity contribution in [3.8, 4) is 5.75 Å². The molecule has 0 aliphatic heterocycles. The van der Waals surface area contributed by atoms with Crippen LogP contribution in [-0.2, 0) is 28.0 Å². The van der Waals surface area contributed by atoms with Crippen molar-refractivity contribution < 1.29 is 26.7 Å². The van der Waals surface area contributed by atoms with Gasteiger partial charge in [0.15, 0.2) is 0 Å². The zero-order valence-corrected chi connectivity index (χ0v) is 20.5. The third-order valence-corrected chi connectivity index (χ3v) is 7.25. The summed E-state index contributed by atoms with van der Waals surface area (Å²) in [5.41, 5.74) is 1.78. The van der Waals surface area contributed by atoms with Crippen LogP contribution in [-0.4, -0.2) is 20.9 Å². The van der Waals surface area contributed by atoms with Crippen LogP contribution in [0.1, 0.15) is 11.1 Å². The van der Waals surface area contributed by atoms with E-state index in [1.165, 1.54) is 36.4 Å². The van der Waals surface area contributed by atoms with Crippen LogP contribution in [0.4, 0.5) is 14.5 Å². The highest BCUT2D eigenvalue weighted by molar-refractivity contribution is 7.92. The number of benzene rings is 4. The number of nitrogens with one attached hydrogen (secondary N) is 1. The summed E-state index contributed by atoms with van der Waals surface area (Å²) in [6, 6.07) is 25.7. The van der Waals surface area contributed by atoms with Crippen LogP contribution in [0, 0.1) is 11.6 Å². The van der Waals surface area contributed by atoms with Gasteiger partial charge in [0.1, 0.15) is 30.5 Å². The Labute approximate surface area is 214 Å². The summed E-state index contributed by atoms with van der Waals surface area (Å²) in [7, 11) is -4.07. The van der Waals surface area contributed by atoms with Gasteiger partial charge in [-0.05, 0) is 71.8 Å². The Hall–Kier alpha value is -4.24. The van der Waals surface area contributed by atoms with Gasteiger partial charge >= 0.3 is 0 Å². The first-order valence-electron chi connectivity index (χ1n) is 11.4. The highest BCUT2D eigenvalue weighted by Gasteiger charge is 2.27. The van der Waals surface area contributed by atoms with E-state index in [0.717, 1.165) is 27.6 Å². The molecule has 4 aromatic carbocycles. The molecule has 0 aliphatic carbocycles. The molecule has 1 amide bonds. The Morgan fingerprint density at radius 2 is 1.32 bits per heavy atom. The average molecular weight is 523 g/mol. The monoisotopic (exact) mass is 522 g/mol. The molecule has 4 rings (SSSR count). The van der Waals surface area contributed by atoms with Gasteiger partial charge < -0.3 is 10.1 Å². The zero-order valence-electron chi connectivity index (χ0n) is 19.7. The molecule has 0 radical (unpaired) electrons. The molecule has 4 aromatic rings. The predicted molar refractivity (Wildman–Crippen MR) is 136 cm³/mol. The molecular weight excluding hydrogens is 498 g/mol. The molecule has 0 aliphatic rings. The van der Waals surface area contributed by atoms with Crippen molar-refractivity contribution in [2.45, 2.75) is 18.0 Å². The highest BCUT2D eigenvalue weighted by atomic mass is 32.2. The fourth-order valence-corrected chi connectivity index (χ4v) is 4.92. The Balaban J connectivity index is 1.39. The lowest BCUT2D eigenvalue weighted by Crippen LogP contribution is -2.40. The van der Waals surface area contributed by atoms with E-state index in [4.69, 9.17) is 4.74 Å². The van der Waals surface area contributed by atoms with Crippen LogP contribution in [0.3, 0.4) is 0 Å². The first kappa shape index (κ1) is 25.8. The molecule has 6 nitrogen and oxygen atoms in total. The minimum absolute atomic E-state index is 0.0170. The maximum Gasteiger partial charge on any atom is 0.264 e. The minimum atomic E-state index is -4.07. The summed E-state index contributed by atoms with van der Waals surface area (Å²) in [6.45, 7) is -0.0348. The second-order valence-corrected chi connectivity index (χ2v) is 10.00. The van der Waals surface area contributed by atoms with E-state index in [-0.39, 0.29) is 29.6 Å². The smallest absolute Gasteiger partial charge is 0.264 e. The number of anilines is 1. The number of ether oxygens (including phenoxy) is 1. The van der Waals surface area contributed by atoms with Crippen LogP contribution >= 0.6 is 0 Å². The third kappa shape index (κ3) is 6.92. The van der Waals surface area contributed by atoms with Gasteiger partial charge in [0.2, 0.25) is 5.91 Å². The minimum Gasteiger partial charge on any atom is -0.489 e. The number of nitrogens with zero attached hydrogens (tertiary/aromatic N) is 1. The summed E-state index contributed by atoms with van der Waals surface area (Å²) < 4.78 is 59.6. The summed E-state index contributed by atoms with van der Waals surface area (Å²) in [6.07, 6.45) is 0. The summed E-state index contributed by atoms with van der Waals surface area (Å²) in [5, 5.41) is 2.72. The number of sulfonamides is 1. The van der Waals surface area contributed by atoms with Crippen molar-refractivity contribution in [2.75, 3.05) is 10.8 Å². The second kappa shape index (κ2) is 11.7. The van der Waals surface area contributed by atoms with E-state index in [2.05, 4.69) is 5.32 Å². The molecule has 0 spiro atoms. The molecule has 0 saturated carbocycles. The number of hydrogen-bond donors (Lipinski definition) is 1. The zero-order chi connectivity index (χ0) is 26.3. The molecule has 0 bridgehead atoms. The Morgan fingerprint density at radius 1 is 0.757 bits per heavy atom. The maximum absolute atomic E-state index is 13.4. The fourth-order valence-electron chi connectivity index (χ4n) is 3.48. The standard InChI is InChI=1S/C28H24F2N2O4S/c29-23-10-6-22(7-11-23)20-36-26-16-8-21(9-17-26)18-31-28(33)19-32(25-14-12-24(30)13-15-25)37(34,35)27-4-2-1-3-5-27/h1-17H,18-20H2,(H,31,33). The van der Waals surface area contributed by atoms with Crippen molar-refractivity contribution in [3.63, 3.8) is 0 Å². The van der Waals surface area contributed by atoms with Gasteiger partial charge in [-0.1, -0.05) is 42.5 Å². The van der Waals surface area contributed by atoms with Crippen molar-refractivity contribution >= 4 is 21.6 Å². The van der Waals surface area contributed by atoms with Crippen LogP contribution in [0.2, 0.25) is 0 Å². The summed E-state index contributed by atoms with van der Waals surface area (Å²) in [5.74, 6) is -0.750. The maximum atomic E-state index is 13.4. The van der Waals surface area contributed by atoms with Crippen molar-refractivity contribution in [2.24, 2.45) is 0 Å². The Morgan fingerprint density at radius 3 is 1.95 bits per heavy atom. The lowest BCUT2D eigenvalue weighted by atomic mass is 10.2. The molecular formula is C28H24F2N2O4S. The normalized spacial score (nSPS) is 11.1. The van der Waals surface area contributed by atoms with Gasteiger partial charge in [0, 0.05) is 6.54 Å². The van der Waals surface area contributed by atoms with Gasteiger partial charge in [-0.3, -0.25) is 9.10 Å². The third-order valence-electron chi connectivity index (χ3n) is 5.46. The number of carbonyl (C=O) groups is 1. The molecule has 9 heteroatoms. The quantitative estimate of drug-likeness (QED) is 0.316. The summed E-state index contributed by atoms with van der Waals surface area (Å²) >= 11 is 0. The van der Waals surface area contributed by atoms with Gasteiger partial charge in [-0.25, -0.2) is 17.2 Å². The van der Waals surface area contributed by atoms with Gasteiger partial charge in [-0.2, -0.15) is 0 Å². The van der Waals surface area contributed by atoms with Crippen LogP contribution in [0.5, 0.6) is 5.75 Å². The van der Waals surface area contributed by atoms with Gasteiger partial charge in [-0.15, -0.1) is 0 Å². The van der Waals surface area contributed by atoms with E-state index in [1.807, 2.05) is 0 Å². The first-order valence-corrected chi connectivity index (χ1v) is 12.8. The van der Waals surface area contributed by atoms with E-state index in [9.17, 15) is 22.0 Å². The molecule has 0 unspecified atom stereocenters. The van der Waals surface area contributed by atoms with Crippen LogP contribution in [0.15, 0.2) is 108 Å². The summed E-state index contributed by atoms with van der Waals surface area (Å²) in [4.78, 5) is 12.8. The molecule has 0 fully saturated rings.